The molecule has 1 saturated heterocycles. The lowest BCUT2D eigenvalue weighted by Gasteiger charge is -2.48. The molecule has 134 valence electrons. The van der Waals surface area contributed by atoms with Crippen LogP contribution in [-0.4, -0.2) is 58.9 Å². The van der Waals surface area contributed by atoms with Crippen molar-refractivity contribution in [3.63, 3.8) is 0 Å². The highest BCUT2D eigenvalue weighted by Crippen LogP contribution is 2.40. The molecule has 1 aromatic heterocycles. The molecule has 2 unspecified atom stereocenters. The van der Waals surface area contributed by atoms with Crippen molar-refractivity contribution in [2.75, 3.05) is 19.7 Å². The van der Waals surface area contributed by atoms with E-state index >= 15 is 0 Å². The lowest BCUT2D eigenvalue weighted by molar-refractivity contribution is -0.151. The number of aliphatic carboxylic acids is 1. The smallest absolute Gasteiger partial charge is 0.356 e. The minimum absolute atomic E-state index is 0.0969. The Morgan fingerprint density at radius 3 is 2.92 bits per heavy atom. The molecule has 2 amide bonds. The molecule has 2 atom stereocenters. The lowest BCUT2D eigenvalue weighted by Crippen LogP contribution is -2.70. The molecule has 0 radical (unpaired) electrons. The zero-order valence-electron chi connectivity index (χ0n) is 13.3. The van der Waals surface area contributed by atoms with Gasteiger partial charge in [0.15, 0.2) is 12.5 Å². The molecular weight excluding hydrogens is 368 g/mol. The third-order valence-corrected chi connectivity index (χ3v) is 5.85. The predicted octanol–water partition coefficient (Wildman–Crippen LogP) is 0.607. The number of nitrogens with one attached hydrogen (secondary N) is 1. The first-order valence-electron chi connectivity index (χ1n) is 7.37. The maximum Gasteiger partial charge on any atom is 0.356 e. The molecule has 0 spiro atoms. The standard InChI is InChI=1S/C15H16N2O6S2/c1-22-7-23-9-6-25-14-11(13(19)17(14)12(9)15(20)21)16-10(18)5-8-3-2-4-24-8/h2-4,11,14H,5-7H2,1H3,(H,16,18)(H,20,21). The normalized spacial score (nSPS) is 22.3. The Balaban J connectivity index is 1.68. The monoisotopic (exact) mass is 384 g/mol. The molecule has 1 aromatic rings. The molecule has 2 aliphatic rings. The lowest BCUT2D eigenvalue weighted by atomic mass is 10.0. The summed E-state index contributed by atoms with van der Waals surface area (Å²) in [6.45, 7) is -0.0969. The SMILES string of the molecule is COCOC1=C(C(=O)O)N2C(=O)C(NC(=O)Cc3cccs3)C2SC1. The summed E-state index contributed by atoms with van der Waals surface area (Å²) in [7, 11) is 1.42. The van der Waals surface area contributed by atoms with Crippen molar-refractivity contribution in [3.8, 4) is 0 Å². The Bertz CT molecular complexity index is 718. The van der Waals surface area contributed by atoms with Crippen LogP contribution in [0.15, 0.2) is 29.0 Å². The average Bonchev–Trinajstić information content (AvgIpc) is 3.09. The van der Waals surface area contributed by atoms with E-state index in [1.54, 1.807) is 0 Å². The number of rotatable bonds is 7. The van der Waals surface area contributed by atoms with E-state index in [1.807, 2.05) is 17.5 Å². The Morgan fingerprint density at radius 1 is 1.48 bits per heavy atom. The molecule has 1 fully saturated rings. The molecule has 8 nitrogen and oxygen atoms in total. The number of amides is 2. The highest BCUT2D eigenvalue weighted by atomic mass is 32.2. The fourth-order valence-corrected chi connectivity index (χ4v) is 4.61. The van der Waals surface area contributed by atoms with Gasteiger partial charge in [-0.2, -0.15) is 0 Å². The second-order valence-corrected chi connectivity index (χ2v) is 7.48. The van der Waals surface area contributed by atoms with Crippen LogP contribution >= 0.6 is 23.1 Å². The van der Waals surface area contributed by atoms with Gasteiger partial charge in [-0.3, -0.25) is 14.5 Å². The second-order valence-electron chi connectivity index (χ2n) is 5.34. The van der Waals surface area contributed by atoms with Crippen LogP contribution < -0.4 is 5.32 Å². The van der Waals surface area contributed by atoms with Crippen LogP contribution in [0.5, 0.6) is 0 Å². The summed E-state index contributed by atoms with van der Waals surface area (Å²) in [4.78, 5) is 38.1. The van der Waals surface area contributed by atoms with Gasteiger partial charge in [-0.15, -0.1) is 23.1 Å². The number of nitrogens with zero attached hydrogens (tertiary/aromatic N) is 1. The second kappa shape index (κ2) is 7.46. The number of carbonyl (C=O) groups is 3. The van der Waals surface area contributed by atoms with Crippen molar-refractivity contribution in [3.05, 3.63) is 33.8 Å². The van der Waals surface area contributed by atoms with Crippen molar-refractivity contribution >= 4 is 40.9 Å². The van der Waals surface area contributed by atoms with Crippen molar-refractivity contribution in [2.24, 2.45) is 0 Å². The number of thioether (sulfide) groups is 1. The van der Waals surface area contributed by atoms with E-state index in [0.717, 1.165) is 9.78 Å². The fraction of sp³-hybridized carbons (Fsp3) is 0.400. The number of carbonyl (C=O) groups excluding carboxylic acids is 2. The highest BCUT2D eigenvalue weighted by molar-refractivity contribution is 8.00. The first kappa shape index (κ1) is 17.8. The van der Waals surface area contributed by atoms with Gasteiger partial charge in [-0.25, -0.2) is 4.79 Å². The van der Waals surface area contributed by atoms with Gasteiger partial charge in [0.25, 0.3) is 5.91 Å². The number of β-lactam (4-membered cyclic amide) rings is 1. The Kier molecular flexibility index (Phi) is 5.30. The summed E-state index contributed by atoms with van der Waals surface area (Å²) in [5, 5.41) is 13.5. The van der Waals surface area contributed by atoms with Gasteiger partial charge >= 0.3 is 5.97 Å². The number of carboxylic acid groups (broad SMARTS) is 1. The maximum absolute atomic E-state index is 12.4. The zero-order chi connectivity index (χ0) is 18.0. The van der Waals surface area contributed by atoms with Crippen molar-refractivity contribution in [1.29, 1.82) is 0 Å². The van der Waals surface area contributed by atoms with Gasteiger partial charge in [-0.05, 0) is 11.4 Å². The number of hydrogen-bond donors (Lipinski definition) is 2. The van der Waals surface area contributed by atoms with Gasteiger partial charge in [0.05, 0.1) is 12.2 Å². The topological polar surface area (TPSA) is 105 Å². The van der Waals surface area contributed by atoms with Crippen LogP contribution in [0.1, 0.15) is 4.88 Å². The summed E-state index contributed by atoms with van der Waals surface area (Å²) in [6.07, 6.45) is 0.197. The Morgan fingerprint density at radius 2 is 2.28 bits per heavy atom. The zero-order valence-corrected chi connectivity index (χ0v) is 14.9. The molecule has 0 aliphatic carbocycles. The number of thiophene rings is 1. The summed E-state index contributed by atoms with van der Waals surface area (Å²) < 4.78 is 10.1. The molecule has 10 heteroatoms. The molecular formula is C15H16N2O6S2. The van der Waals surface area contributed by atoms with Gasteiger partial charge in [0, 0.05) is 12.0 Å². The summed E-state index contributed by atoms with van der Waals surface area (Å²) in [5.74, 6) is -1.48. The van der Waals surface area contributed by atoms with Crippen LogP contribution in [0.3, 0.4) is 0 Å². The van der Waals surface area contributed by atoms with Crippen LogP contribution in [0.25, 0.3) is 0 Å². The van der Waals surface area contributed by atoms with Crippen LogP contribution in [0, 0.1) is 0 Å². The van der Waals surface area contributed by atoms with Gasteiger partial charge in [0.2, 0.25) is 5.91 Å². The van der Waals surface area contributed by atoms with Crippen molar-refractivity contribution < 1.29 is 29.0 Å². The van der Waals surface area contributed by atoms with Crippen molar-refractivity contribution in [1.82, 2.24) is 10.2 Å². The van der Waals surface area contributed by atoms with E-state index in [0.29, 0.717) is 0 Å². The van der Waals surface area contributed by atoms with Crippen LogP contribution in [0.4, 0.5) is 0 Å². The molecule has 3 heterocycles. The predicted molar refractivity (Wildman–Crippen MR) is 90.7 cm³/mol. The van der Waals surface area contributed by atoms with E-state index in [1.165, 1.54) is 30.2 Å². The Labute approximate surface area is 151 Å². The maximum atomic E-state index is 12.4. The summed E-state index contributed by atoms with van der Waals surface area (Å²) >= 11 is 2.81. The van der Waals surface area contributed by atoms with Crippen molar-refractivity contribution in [2.45, 2.75) is 17.8 Å². The van der Waals surface area contributed by atoms with E-state index in [9.17, 15) is 19.5 Å². The molecule has 0 saturated carbocycles. The van der Waals surface area contributed by atoms with E-state index < -0.39 is 23.3 Å². The quantitative estimate of drug-likeness (QED) is 0.524. The first-order valence-corrected chi connectivity index (χ1v) is 9.30. The van der Waals surface area contributed by atoms with E-state index in [-0.39, 0.29) is 36.3 Å². The summed E-state index contributed by atoms with van der Waals surface area (Å²) in [5.41, 5.74) is -0.186. The van der Waals surface area contributed by atoms with E-state index in [2.05, 4.69) is 5.32 Å². The number of ether oxygens (including phenoxy) is 2. The fourth-order valence-electron chi connectivity index (χ4n) is 2.63. The molecule has 25 heavy (non-hydrogen) atoms. The average molecular weight is 384 g/mol. The third-order valence-electron chi connectivity index (χ3n) is 3.72. The van der Waals surface area contributed by atoms with Gasteiger partial charge in [0.1, 0.15) is 17.2 Å². The minimum Gasteiger partial charge on any atom is -0.476 e. The number of methoxy groups -OCH3 is 1. The summed E-state index contributed by atoms with van der Waals surface area (Å²) in [6, 6.07) is 2.97. The molecule has 2 N–H and O–H groups in total. The van der Waals surface area contributed by atoms with Gasteiger partial charge < -0.3 is 19.9 Å². The number of carboxylic acids is 1. The first-order chi connectivity index (χ1) is 12.0. The van der Waals surface area contributed by atoms with Crippen LogP contribution in [-0.2, 0) is 30.3 Å². The van der Waals surface area contributed by atoms with Crippen LogP contribution in [0.2, 0.25) is 0 Å². The third kappa shape index (κ3) is 3.51. The largest absolute Gasteiger partial charge is 0.476 e. The Hall–Kier alpha value is -2.04. The van der Waals surface area contributed by atoms with Gasteiger partial charge in [-0.1, -0.05) is 6.07 Å². The minimum atomic E-state index is -1.24. The highest BCUT2D eigenvalue weighted by Gasteiger charge is 2.54. The molecule has 3 rings (SSSR count). The molecule has 0 bridgehead atoms. The van der Waals surface area contributed by atoms with E-state index in [4.69, 9.17) is 9.47 Å². The molecule has 2 aliphatic heterocycles. The molecule has 0 aromatic carbocycles. The number of fused-ring (bicyclic) bond motifs is 1. The number of hydrogen-bond acceptors (Lipinski definition) is 7.